The van der Waals surface area contributed by atoms with Crippen LogP contribution in [0.15, 0.2) is 6.07 Å². The third-order valence-electron chi connectivity index (χ3n) is 3.84. The van der Waals surface area contributed by atoms with Crippen LogP contribution in [-0.2, 0) is 11.3 Å². The predicted octanol–water partition coefficient (Wildman–Crippen LogP) is 2.17. The SMILES string of the molecule is COCc1nsc(NC2CCN(c3cc(C)nc(C)n3)CC2)n1. The molecule has 0 aromatic carbocycles. The minimum Gasteiger partial charge on any atom is -0.377 e. The van der Waals surface area contributed by atoms with Gasteiger partial charge in [0.15, 0.2) is 5.82 Å². The first-order valence-electron chi connectivity index (χ1n) is 7.79. The average molecular weight is 334 g/mol. The molecule has 0 unspecified atom stereocenters. The number of aryl methyl sites for hydroxylation is 2. The molecule has 1 saturated heterocycles. The molecule has 7 nitrogen and oxygen atoms in total. The minimum atomic E-state index is 0.429. The van der Waals surface area contributed by atoms with Crippen LogP contribution >= 0.6 is 11.5 Å². The van der Waals surface area contributed by atoms with Gasteiger partial charge in [-0.15, -0.1) is 0 Å². The van der Waals surface area contributed by atoms with Crippen molar-refractivity contribution in [2.24, 2.45) is 0 Å². The van der Waals surface area contributed by atoms with Gasteiger partial charge in [-0.1, -0.05) is 0 Å². The highest BCUT2D eigenvalue weighted by atomic mass is 32.1. The molecule has 0 atom stereocenters. The van der Waals surface area contributed by atoms with Gasteiger partial charge in [-0.3, -0.25) is 0 Å². The van der Waals surface area contributed by atoms with Gasteiger partial charge in [0.25, 0.3) is 0 Å². The summed E-state index contributed by atoms with van der Waals surface area (Å²) in [7, 11) is 1.65. The molecule has 2 aromatic rings. The molecule has 3 heterocycles. The quantitative estimate of drug-likeness (QED) is 0.898. The van der Waals surface area contributed by atoms with Crippen molar-refractivity contribution < 1.29 is 4.74 Å². The number of rotatable bonds is 5. The van der Waals surface area contributed by atoms with E-state index in [0.29, 0.717) is 12.6 Å². The fourth-order valence-electron chi connectivity index (χ4n) is 2.79. The first kappa shape index (κ1) is 16.1. The zero-order valence-electron chi connectivity index (χ0n) is 13.7. The normalized spacial score (nSPS) is 15.9. The predicted molar refractivity (Wildman–Crippen MR) is 91.0 cm³/mol. The number of hydrogen-bond donors (Lipinski definition) is 1. The lowest BCUT2D eigenvalue weighted by Gasteiger charge is -2.33. The Bertz CT molecular complexity index is 633. The molecule has 1 fully saturated rings. The van der Waals surface area contributed by atoms with E-state index in [-0.39, 0.29) is 0 Å². The van der Waals surface area contributed by atoms with Crippen LogP contribution in [0.4, 0.5) is 10.9 Å². The number of piperidine rings is 1. The maximum atomic E-state index is 5.05. The Morgan fingerprint density at radius 3 is 2.74 bits per heavy atom. The summed E-state index contributed by atoms with van der Waals surface area (Å²) in [6, 6.07) is 2.49. The second-order valence-corrected chi connectivity index (χ2v) is 6.52. The molecule has 0 saturated carbocycles. The first-order chi connectivity index (χ1) is 11.1. The van der Waals surface area contributed by atoms with Gasteiger partial charge in [0, 0.05) is 49.5 Å². The van der Waals surface area contributed by atoms with Crippen molar-refractivity contribution in [2.45, 2.75) is 39.3 Å². The summed E-state index contributed by atoms with van der Waals surface area (Å²) in [5, 5.41) is 4.36. The monoisotopic (exact) mass is 334 g/mol. The zero-order valence-corrected chi connectivity index (χ0v) is 14.6. The van der Waals surface area contributed by atoms with E-state index in [2.05, 4.69) is 35.6 Å². The third-order valence-corrected chi connectivity index (χ3v) is 4.52. The number of hydrogen-bond acceptors (Lipinski definition) is 8. The van der Waals surface area contributed by atoms with E-state index in [1.807, 2.05) is 13.8 Å². The molecule has 0 radical (unpaired) electrons. The average Bonchev–Trinajstić information content (AvgIpc) is 2.95. The Balaban J connectivity index is 1.55. The Labute approximate surface area is 140 Å². The van der Waals surface area contributed by atoms with E-state index in [4.69, 9.17) is 4.74 Å². The van der Waals surface area contributed by atoms with Gasteiger partial charge in [-0.2, -0.15) is 4.37 Å². The van der Waals surface area contributed by atoms with Crippen LogP contribution in [0.25, 0.3) is 0 Å². The summed E-state index contributed by atoms with van der Waals surface area (Å²) in [6.45, 7) is 6.38. The molecule has 3 rings (SSSR count). The molecular formula is C15H22N6OS. The third kappa shape index (κ3) is 4.14. The maximum absolute atomic E-state index is 5.05. The van der Waals surface area contributed by atoms with E-state index in [9.17, 15) is 0 Å². The molecule has 0 bridgehead atoms. The molecule has 0 amide bonds. The van der Waals surface area contributed by atoms with Crippen molar-refractivity contribution in [1.82, 2.24) is 19.3 Å². The highest BCUT2D eigenvalue weighted by Crippen LogP contribution is 2.22. The van der Waals surface area contributed by atoms with E-state index >= 15 is 0 Å². The molecule has 8 heteroatoms. The lowest BCUT2D eigenvalue weighted by atomic mass is 10.1. The van der Waals surface area contributed by atoms with Crippen LogP contribution in [-0.4, -0.2) is 45.6 Å². The van der Waals surface area contributed by atoms with Gasteiger partial charge >= 0.3 is 0 Å². The Morgan fingerprint density at radius 1 is 1.26 bits per heavy atom. The van der Waals surface area contributed by atoms with Gasteiger partial charge in [-0.05, 0) is 26.7 Å². The van der Waals surface area contributed by atoms with Gasteiger partial charge in [-0.25, -0.2) is 15.0 Å². The standard InChI is InChI=1S/C15H22N6OS/c1-10-8-14(17-11(2)16-10)21-6-4-12(5-7-21)18-15-19-13(9-22-3)20-23-15/h8,12H,4-7,9H2,1-3H3,(H,18,19,20). The number of nitrogens with zero attached hydrogens (tertiary/aromatic N) is 5. The molecule has 1 N–H and O–H groups in total. The molecule has 0 spiro atoms. The zero-order chi connectivity index (χ0) is 16.2. The molecule has 2 aromatic heterocycles. The molecule has 1 aliphatic rings. The van der Waals surface area contributed by atoms with Crippen molar-refractivity contribution in [1.29, 1.82) is 0 Å². The van der Waals surface area contributed by atoms with Crippen LogP contribution in [0.2, 0.25) is 0 Å². The smallest absolute Gasteiger partial charge is 0.202 e. The van der Waals surface area contributed by atoms with Crippen LogP contribution in [0.5, 0.6) is 0 Å². The maximum Gasteiger partial charge on any atom is 0.202 e. The van der Waals surface area contributed by atoms with Gasteiger partial charge < -0.3 is 15.0 Å². The number of aromatic nitrogens is 4. The topological polar surface area (TPSA) is 76.1 Å². The van der Waals surface area contributed by atoms with E-state index < -0.39 is 0 Å². The van der Waals surface area contributed by atoms with E-state index in [1.165, 1.54) is 11.5 Å². The van der Waals surface area contributed by atoms with Gasteiger partial charge in [0.05, 0.1) is 0 Å². The van der Waals surface area contributed by atoms with E-state index in [1.54, 1.807) is 7.11 Å². The van der Waals surface area contributed by atoms with Crippen molar-refractivity contribution >= 4 is 22.5 Å². The lowest BCUT2D eigenvalue weighted by molar-refractivity contribution is 0.179. The summed E-state index contributed by atoms with van der Waals surface area (Å²) in [5.41, 5.74) is 1.02. The first-order valence-corrected chi connectivity index (χ1v) is 8.56. The van der Waals surface area contributed by atoms with Crippen molar-refractivity contribution in [3.8, 4) is 0 Å². The highest BCUT2D eigenvalue weighted by molar-refractivity contribution is 7.09. The van der Waals surface area contributed by atoms with Crippen molar-refractivity contribution in [2.75, 3.05) is 30.4 Å². The minimum absolute atomic E-state index is 0.429. The van der Waals surface area contributed by atoms with Crippen LogP contribution in [0, 0.1) is 13.8 Å². The molecule has 23 heavy (non-hydrogen) atoms. The highest BCUT2D eigenvalue weighted by Gasteiger charge is 2.21. The van der Waals surface area contributed by atoms with Crippen LogP contribution < -0.4 is 10.2 Å². The Kier molecular flexibility index (Phi) is 5.02. The summed E-state index contributed by atoms with van der Waals surface area (Å²) in [5.74, 6) is 2.61. The molecule has 124 valence electrons. The Morgan fingerprint density at radius 2 is 2.04 bits per heavy atom. The Hall–Kier alpha value is -1.80. The second-order valence-electron chi connectivity index (χ2n) is 5.77. The summed E-state index contributed by atoms with van der Waals surface area (Å²) in [6.07, 6.45) is 2.11. The largest absolute Gasteiger partial charge is 0.377 e. The number of nitrogens with one attached hydrogen (secondary N) is 1. The summed E-state index contributed by atoms with van der Waals surface area (Å²) < 4.78 is 9.32. The molecule has 0 aliphatic carbocycles. The fraction of sp³-hybridized carbons (Fsp3) is 0.600. The van der Waals surface area contributed by atoms with Gasteiger partial charge in [0.1, 0.15) is 18.2 Å². The second kappa shape index (κ2) is 7.18. The van der Waals surface area contributed by atoms with Crippen molar-refractivity contribution in [3.63, 3.8) is 0 Å². The van der Waals surface area contributed by atoms with Crippen LogP contribution in [0.3, 0.4) is 0 Å². The van der Waals surface area contributed by atoms with Crippen molar-refractivity contribution in [3.05, 3.63) is 23.4 Å². The molecule has 1 aliphatic heterocycles. The fourth-order valence-corrected chi connectivity index (χ4v) is 3.44. The van der Waals surface area contributed by atoms with Gasteiger partial charge in [0.2, 0.25) is 5.13 Å². The number of methoxy groups -OCH3 is 1. The molecular weight excluding hydrogens is 312 g/mol. The number of anilines is 2. The summed E-state index contributed by atoms with van der Waals surface area (Å²) >= 11 is 1.40. The van der Waals surface area contributed by atoms with Crippen LogP contribution in [0.1, 0.15) is 30.2 Å². The summed E-state index contributed by atoms with van der Waals surface area (Å²) in [4.78, 5) is 15.7. The number of ether oxygens (including phenoxy) is 1. The lowest BCUT2D eigenvalue weighted by Crippen LogP contribution is -2.39. The van der Waals surface area contributed by atoms with E-state index in [0.717, 1.165) is 54.2 Å².